The van der Waals surface area contributed by atoms with Gasteiger partial charge in [0.25, 0.3) is 0 Å². The number of hydrogen-bond acceptors (Lipinski definition) is 1. The van der Waals surface area contributed by atoms with Crippen molar-refractivity contribution in [2.75, 3.05) is 5.73 Å². The van der Waals surface area contributed by atoms with Gasteiger partial charge in [0.2, 0.25) is 0 Å². The van der Waals surface area contributed by atoms with Gasteiger partial charge in [-0.25, -0.2) is 0 Å². The van der Waals surface area contributed by atoms with Crippen LogP contribution in [0.1, 0.15) is 26.3 Å². The smallest absolute Gasteiger partial charge is 0.0314 e. The van der Waals surface area contributed by atoms with Crippen molar-refractivity contribution < 1.29 is 0 Å². The van der Waals surface area contributed by atoms with Crippen molar-refractivity contribution in [2.45, 2.75) is 27.2 Å². The minimum atomic E-state index is 0. The van der Waals surface area contributed by atoms with E-state index < -0.39 is 0 Å². The summed E-state index contributed by atoms with van der Waals surface area (Å²) in [5.74, 6) is 0. The van der Waals surface area contributed by atoms with Crippen LogP contribution in [0.5, 0.6) is 0 Å². The fraction of sp³-hybridized carbons (Fsp3) is 0.400. The van der Waals surface area contributed by atoms with Gasteiger partial charge in [0.1, 0.15) is 0 Å². The van der Waals surface area contributed by atoms with Crippen LogP contribution in [0.3, 0.4) is 0 Å². The molecule has 0 bridgehead atoms. The molecule has 0 aliphatic rings. The van der Waals surface area contributed by atoms with Gasteiger partial charge in [0.15, 0.2) is 0 Å². The quantitative estimate of drug-likeness (QED) is 0.646. The highest BCUT2D eigenvalue weighted by atomic mass is 14.5. The van der Waals surface area contributed by atoms with Crippen molar-refractivity contribution in [1.29, 1.82) is 0 Å². The lowest BCUT2D eigenvalue weighted by atomic mass is 10.1. The van der Waals surface area contributed by atoms with Crippen molar-refractivity contribution in [1.82, 2.24) is 0 Å². The van der Waals surface area contributed by atoms with Crippen LogP contribution in [0.25, 0.3) is 0 Å². The fourth-order valence-corrected chi connectivity index (χ4v) is 0.973. The summed E-state index contributed by atoms with van der Waals surface area (Å²) in [7, 11) is 0. The minimum absolute atomic E-state index is 0. The Hall–Kier alpha value is -0.980. The van der Waals surface area contributed by atoms with Gasteiger partial charge < -0.3 is 5.73 Å². The van der Waals surface area contributed by atoms with Crippen LogP contribution in [0.15, 0.2) is 24.3 Å². The van der Waals surface area contributed by atoms with Gasteiger partial charge in [-0.3, -0.25) is 0 Å². The number of rotatable bonds is 2. The van der Waals surface area contributed by atoms with Crippen molar-refractivity contribution in [3.05, 3.63) is 29.8 Å². The molecule has 0 aliphatic heterocycles. The summed E-state index contributed by atoms with van der Waals surface area (Å²) < 4.78 is 0. The molecule has 1 aromatic rings. The second-order valence-electron chi connectivity index (χ2n) is 2.49. The molecule has 1 heteroatoms. The van der Waals surface area contributed by atoms with Crippen LogP contribution in [0.2, 0.25) is 0 Å². The topological polar surface area (TPSA) is 26.0 Å². The minimum Gasteiger partial charge on any atom is -0.399 e. The summed E-state index contributed by atoms with van der Waals surface area (Å²) in [6.45, 7) is 2.18. The molecule has 1 aromatic carbocycles. The molecule has 0 unspecified atom stereocenters. The Balaban J connectivity index is 0.000001000. The Bertz CT molecular complexity index is 189. The summed E-state index contributed by atoms with van der Waals surface area (Å²) >= 11 is 0. The molecule has 1 rings (SSSR count). The second kappa shape index (κ2) is 4.78. The molecule has 0 aromatic heterocycles. The molecule has 2 N–H and O–H groups in total. The molecule has 0 radical (unpaired) electrons. The summed E-state index contributed by atoms with van der Waals surface area (Å²) in [5, 5.41) is 0. The maximum absolute atomic E-state index is 5.52. The van der Waals surface area contributed by atoms with Crippen LogP contribution < -0.4 is 5.73 Å². The first kappa shape index (κ1) is 10.0. The van der Waals surface area contributed by atoms with Gasteiger partial charge in [-0.1, -0.05) is 32.9 Å². The Labute approximate surface area is 69.2 Å². The first-order chi connectivity index (χ1) is 4.83. The molecule has 0 aliphatic carbocycles. The average Bonchev–Trinajstić information content (AvgIpc) is 1.95. The van der Waals surface area contributed by atoms with E-state index >= 15 is 0 Å². The lowest BCUT2D eigenvalue weighted by molar-refractivity contribution is 0.922. The molecular weight excluding hydrogens is 134 g/mol. The highest BCUT2D eigenvalue weighted by Crippen LogP contribution is 2.06. The van der Waals surface area contributed by atoms with E-state index in [0.29, 0.717) is 0 Å². The lowest BCUT2D eigenvalue weighted by Gasteiger charge is -1.97. The number of nitrogens with two attached hydrogens (primary N) is 1. The van der Waals surface area contributed by atoms with Crippen molar-refractivity contribution in [3.8, 4) is 0 Å². The molecular formula is C10H17N. The molecule has 0 fully saturated rings. The maximum atomic E-state index is 5.52. The number of aryl methyl sites for hydroxylation is 1. The maximum Gasteiger partial charge on any atom is 0.0314 e. The van der Waals surface area contributed by atoms with Gasteiger partial charge in [-0.2, -0.15) is 0 Å². The molecule has 0 spiro atoms. The predicted molar refractivity (Wildman–Crippen MR) is 51.6 cm³/mol. The van der Waals surface area contributed by atoms with E-state index in [1.165, 1.54) is 12.0 Å². The first-order valence-electron chi connectivity index (χ1n) is 3.67. The Morgan fingerprint density at radius 2 is 1.73 bits per heavy atom. The molecule has 0 amide bonds. The van der Waals surface area contributed by atoms with Crippen LogP contribution in [-0.2, 0) is 6.42 Å². The van der Waals surface area contributed by atoms with E-state index in [1.54, 1.807) is 0 Å². The van der Waals surface area contributed by atoms with Gasteiger partial charge in [0, 0.05) is 5.69 Å². The van der Waals surface area contributed by atoms with E-state index in [4.69, 9.17) is 5.73 Å². The number of anilines is 1. The normalized spacial score (nSPS) is 8.82. The summed E-state index contributed by atoms with van der Waals surface area (Å²) in [6, 6.07) is 8.06. The van der Waals surface area contributed by atoms with Gasteiger partial charge >= 0.3 is 0 Å². The van der Waals surface area contributed by atoms with E-state index in [1.807, 2.05) is 12.1 Å². The number of nitrogen functional groups attached to an aromatic ring is 1. The van der Waals surface area contributed by atoms with E-state index in [2.05, 4.69) is 19.1 Å². The Kier molecular flexibility index (Phi) is 4.35. The molecule has 1 nitrogen and oxygen atoms in total. The van der Waals surface area contributed by atoms with Crippen molar-refractivity contribution in [2.24, 2.45) is 0 Å². The molecule has 0 saturated heterocycles. The average molecular weight is 151 g/mol. The highest BCUT2D eigenvalue weighted by molar-refractivity contribution is 5.39. The van der Waals surface area contributed by atoms with Gasteiger partial charge in [-0.05, 0) is 24.1 Å². The van der Waals surface area contributed by atoms with Crippen molar-refractivity contribution >= 4 is 5.69 Å². The molecule has 0 heterocycles. The largest absolute Gasteiger partial charge is 0.399 e. The molecule has 0 atom stereocenters. The lowest BCUT2D eigenvalue weighted by Crippen LogP contribution is -1.86. The van der Waals surface area contributed by atoms with E-state index in [-0.39, 0.29) is 7.43 Å². The zero-order chi connectivity index (χ0) is 7.40. The number of hydrogen-bond donors (Lipinski definition) is 1. The first-order valence-corrected chi connectivity index (χ1v) is 3.67. The summed E-state index contributed by atoms with van der Waals surface area (Å²) in [4.78, 5) is 0. The third-order valence-corrected chi connectivity index (χ3v) is 1.52. The summed E-state index contributed by atoms with van der Waals surface area (Å²) in [5.41, 5.74) is 7.74. The zero-order valence-corrected chi connectivity index (χ0v) is 6.30. The van der Waals surface area contributed by atoms with Gasteiger partial charge in [0.05, 0.1) is 0 Å². The summed E-state index contributed by atoms with van der Waals surface area (Å²) in [6.07, 6.45) is 2.35. The van der Waals surface area contributed by atoms with Crippen LogP contribution in [0, 0.1) is 0 Å². The number of benzene rings is 1. The van der Waals surface area contributed by atoms with E-state index in [9.17, 15) is 0 Å². The third-order valence-electron chi connectivity index (χ3n) is 1.52. The highest BCUT2D eigenvalue weighted by Gasteiger charge is 1.88. The van der Waals surface area contributed by atoms with Crippen LogP contribution in [-0.4, -0.2) is 0 Å². The molecule has 0 saturated carbocycles. The monoisotopic (exact) mass is 151 g/mol. The van der Waals surface area contributed by atoms with Crippen molar-refractivity contribution in [3.63, 3.8) is 0 Å². The Morgan fingerprint density at radius 3 is 2.18 bits per heavy atom. The van der Waals surface area contributed by atoms with Gasteiger partial charge in [-0.15, -0.1) is 0 Å². The van der Waals surface area contributed by atoms with Crippen LogP contribution >= 0.6 is 0 Å². The predicted octanol–water partition coefficient (Wildman–Crippen LogP) is 2.86. The SMILES string of the molecule is C.CCCc1ccc(N)cc1. The second-order valence-corrected chi connectivity index (χ2v) is 2.49. The zero-order valence-electron chi connectivity index (χ0n) is 6.30. The Morgan fingerprint density at radius 1 is 1.18 bits per heavy atom. The molecule has 62 valence electrons. The molecule has 11 heavy (non-hydrogen) atoms. The standard InChI is InChI=1S/C9H13N.CH4/c1-2-3-8-4-6-9(10)7-5-8;/h4-7H,2-3,10H2,1H3;1H4. The van der Waals surface area contributed by atoms with E-state index in [0.717, 1.165) is 12.1 Å². The van der Waals surface area contributed by atoms with Crippen LogP contribution in [0.4, 0.5) is 5.69 Å². The fourth-order valence-electron chi connectivity index (χ4n) is 0.973. The third kappa shape index (κ3) is 3.08.